The second-order valence-electron chi connectivity index (χ2n) is 3.54. The maximum atomic E-state index is 4.24. The molecule has 1 saturated heterocycles. The van der Waals surface area contributed by atoms with E-state index >= 15 is 0 Å². The molecule has 72 valence electrons. The van der Waals surface area contributed by atoms with Crippen LogP contribution in [-0.4, -0.2) is 29.1 Å². The minimum Gasteiger partial charge on any atom is -0.348 e. The zero-order valence-electron chi connectivity index (χ0n) is 7.93. The van der Waals surface area contributed by atoms with E-state index in [9.17, 15) is 0 Å². The molecular formula is C9H16N4. The van der Waals surface area contributed by atoms with Crippen LogP contribution in [0.25, 0.3) is 0 Å². The highest BCUT2D eigenvalue weighted by Crippen LogP contribution is 2.02. The van der Waals surface area contributed by atoms with Crippen molar-refractivity contribution in [1.82, 2.24) is 20.6 Å². The van der Waals surface area contributed by atoms with Gasteiger partial charge in [0.05, 0.1) is 12.0 Å². The van der Waals surface area contributed by atoms with E-state index in [1.165, 1.54) is 12.1 Å². The molecule has 0 saturated carbocycles. The van der Waals surface area contributed by atoms with Gasteiger partial charge in [-0.2, -0.15) is 0 Å². The molecule has 1 unspecified atom stereocenters. The van der Waals surface area contributed by atoms with Crippen LogP contribution in [0.1, 0.15) is 17.8 Å². The van der Waals surface area contributed by atoms with Crippen LogP contribution in [0.15, 0.2) is 6.33 Å². The first-order chi connectivity index (χ1) is 6.36. The molecule has 1 fully saturated rings. The summed E-state index contributed by atoms with van der Waals surface area (Å²) in [7, 11) is 0. The average Bonchev–Trinajstić information content (AvgIpc) is 2.72. The van der Waals surface area contributed by atoms with Crippen molar-refractivity contribution in [3.8, 4) is 0 Å². The SMILES string of the molecule is Cc1[nH]cnc1CNC1CCNC1. The summed E-state index contributed by atoms with van der Waals surface area (Å²) in [6.45, 7) is 5.15. The van der Waals surface area contributed by atoms with Gasteiger partial charge in [0.1, 0.15) is 0 Å². The summed E-state index contributed by atoms with van der Waals surface area (Å²) in [4.78, 5) is 7.32. The fraction of sp³-hybridized carbons (Fsp3) is 0.667. The van der Waals surface area contributed by atoms with Crippen molar-refractivity contribution >= 4 is 0 Å². The Morgan fingerprint density at radius 2 is 2.62 bits per heavy atom. The molecule has 1 aromatic heterocycles. The van der Waals surface area contributed by atoms with Crippen molar-refractivity contribution < 1.29 is 0 Å². The number of aromatic amines is 1. The highest BCUT2D eigenvalue weighted by atomic mass is 15.0. The Bertz CT molecular complexity index is 262. The van der Waals surface area contributed by atoms with Gasteiger partial charge >= 0.3 is 0 Å². The van der Waals surface area contributed by atoms with Crippen molar-refractivity contribution in [2.75, 3.05) is 13.1 Å². The van der Waals surface area contributed by atoms with Gasteiger partial charge in [-0.1, -0.05) is 0 Å². The van der Waals surface area contributed by atoms with Gasteiger partial charge in [0.25, 0.3) is 0 Å². The molecule has 2 rings (SSSR count). The number of aryl methyl sites for hydroxylation is 1. The maximum Gasteiger partial charge on any atom is 0.0925 e. The maximum absolute atomic E-state index is 4.24. The van der Waals surface area contributed by atoms with Gasteiger partial charge in [-0.15, -0.1) is 0 Å². The molecule has 0 spiro atoms. The Morgan fingerprint density at radius 1 is 1.69 bits per heavy atom. The summed E-state index contributed by atoms with van der Waals surface area (Å²) in [6.07, 6.45) is 2.97. The van der Waals surface area contributed by atoms with Gasteiger partial charge in [-0.3, -0.25) is 0 Å². The number of aromatic nitrogens is 2. The van der Waals surface area contributed by atoms with Crippen LogP contribution in [0.5, 0.6) is 0 Å². The molecule has 1 atom stereocenters. The van der Waals surface area contributed by atoms with E-state index in [0.717, 1.165) is 25.3 Å². The lowest BCUT2D eigenvalue weighted by Crippen LogP contribution is -2.30. The lowest BCUT2D eigenvalue weighted by Gasteiger charge is -2.09. The highest BCUT2D eigenvalue weighted by Gasteiger charge is 2.13. The third kappa shape index (κ3) is 2.08. The molecule has 4 nitrogen and oxygen atoms in total. The summed E-state index contributed by atoms with van der Waals surface area (Å²) >= 11 is 0. The van der Waals surface area contributed by atoms with E-state index < -0.39 is 0 Å². The fourth-order valence-electron chi connectivity index (χ4n) is 1.64. The predicted octanol–water partition coefficient (Wildman–Crippen LogP) is 0.170. The van der Waals surface area contributed by atoms with E-state index in [4.69, 9.17) is 0 Å². The first kappa shape index (κ1) is 8.72. The summed E-state index contributed by atoms with van der Waals surface area (Å²) in [5.74, 6) is 0. The van der Waals surface area contributed by atoms with Gasteiger partial charge in [0.2, 0.25) is 0 Å². The van der Waals surface area contributed by atoms with Gasteiger partial charge in [-0.05, 0) is 19.9 Å². The number of H-pyrrole nitrogens is 1. The lowest BCUT2D eigenvalue weighted by molar-refractivity contribution is 0.541. The van der Waals surface area contributed by atoms with Crippen molar-refractivity contribution in [2.45, 2.75) is 25.9 Å². The molecule has 1 aliphatic rings. The molecule has 0 aromatic carbocycles. The van der Waals surface area contributed by atoms with Crippen LogP contribution in [0.4, 0.5) is 0 Å². The smallest absolute Gasteiger partial charge is 0.0925 e. The average molecular weight is 180 g/mol. The number of imidazole rings is 1. The van der Waals surface area contributed by atoms with Gasteiger partial charge < -0.3 is 15.6 Å². The summed E-state index contributed by atoms with van der Waals surface area (Å²) in [5, 5.41) is 6.81. The van der Waals surface area contributed by atoms with Crippen LogP contribution < -0.4 is 10.6 Å². The zero-order valence-corrected chi connectivity index (χ0v) is 7.93. The summed E-state index contributed by atoms with van der Waals surface area (Å²) in [5.41, 5.74) is 2.30. The largest absolute Gasteiger partial charge is 0.348 e. The minimum atomic E-state index is 0.621. The summed E-state index contributed by atoms with van der Waals surface area (Å²) in [6, 6.07) is 0.621. The normalized spacial score (nSPS) is 22.4. The van der Waals surface area contributed by atoms with Gasteiger partial charge in [-0.25, -0.2) is 4.98 Å². The molecule has 0 bridgehead atoms. The van der Waals surface area contributed by atoms with Crippen molar-refractivity contribution in [2.24, 2.45) is 0 Å². The molecule has 4 heteroatoms. The van der Waals surface area contributed by atoms with Gasteiger partial charge in [0.15, 0.2) is 0 Å². The standard InChI is InChI=1S/C9H16N4/c1-7-9(13-6-12-7)5-11-8-2-3-10-4-8/h6,8,10-11H,2-5H2,1H3,(H,12,13). The monoisotopic (exact) mass is 180 g/mol. The Hall–Kier alpha value is -0.870. The van der Waals surface area contributed by atoms with Crippen molar-refractivity contribution in [1.29, 1.82) is 0 Å². The fourth-order valence-corrected chi connectivity index (χ4v) is 1.64. The minimum absolute atomic E-state index is 0.621. The molecule has 0 amide bonds. The Morgan fingerprint density at radius 3 is 3.23 bits per heavy atom. The molecular weight excluding hydrogens is 164 g/mol. The Kier molecular flexibility index (Phi) is 2.61. The van der Waals surface area contributed by atoms with E-state index in [1.54, 1.807) is 6.33 Å². The second-order valence-corrected chi connectivity index (χ2v) is 3.54. The Balaban J connectivity index is 1.82. The predicted molar refractivity (Wildman–Crippen MR) is 51.4 cm³/mol. The van der Waals surface area contributed by atoms with Crippen LogP contribution in [-0.2, 0) is 6.54 Å². The number of nitrogens with one attached hydrogen (secondary N) is 3. The third-order valence-corrected chi connectivity index (χ3v) is 2.55. The van der Waals surface area contributed by atoms with Crippen LogP contribution in [0, 0.1) is 6.92 Å². The quantitative estimate of drug-likeness (QED) is 0.621. The lowest BCUT2D eigenvalue weighted by atomic mass is 10.2. The molecule has 3 N–H and O–H groups in total. The van der Waals surface area contributed by atoms with Crippen molar-refractivity contribution in [3.05, 3.63) is 17.7 Å². The van der Waals surface area contributed by atoms with Gasteiger partial charge in [0, 0.05) is 24.8 Å². The summed E-state index contributed by atoms with van der Waals surface area (Å²) < 4.78 is 0. The van der Waals surface area contributed by atoms with E-state index in [0.29, 0.717) is 6.04 Å². The molecule has 1 aliphatic heterocycles. The Labute approximate surface area is 78.1 Å². The number of nitrogens with zero attached hydrogens (tertiary/aromatic N) is 1. The topological polar surface area (TPSA) is 52.7 Å². The third-order valence-electron chi connectivity index (χ3n) is 2.55. The van der Waals surface area contributed by atoms with Crippen molar-refractivity contribution in [3.63, 3.8) is 0 Å². The van der Waals surface area contributed by atoms with Crippen LogP contribution >= 0.6 is 0 Å². The van der Waals surface area contributed by atoms with E-state index in [2.05, 4.69) is 27.5 Å². The molecule has 1 aromatic rings. The first-order valence-electron chi connectivity index (χ1n) is 4.79. The van der Waals surface area contributed by atoms with E-state index in [-0.39, 0.29) is 0 Å². The molecule has 2 heterocycles. The number of rotatable bonds is 3. The first-order valence-corrected chi connectivity index (χ1v) is 4.79. The molecule has 0 aliphatic carbocycles. The molecule has 0 radical (unpaired) electrons. The van der Waals surface area contributed by atoms with Crippen LogP contribution in [0.2, 0.25) is 0 Å². The second kappa shape index (κ2) is 3.89. The number of hydrogen-bond acceptors (Lipinski definition) is 3. The zero-order chi connectivity index (χ0) is 9.10. The van der Waals surface area contributed by atoms with E-state index in [1.807, 2.05) is 0 Å². The van der Waals surface area contributed by atoms with Crippen LogP contribution in [0.3, 0.4) is 0 Å². The number of hydrogen-bond donors (Lipinski definition) is 3. The molecule has 13 heavy (non-hydrogen) atoms. The highest BCUT2D eigenvalue weighted by molar-refractivity contribution is 5.08.